The molecule has 1 aromatic carbocycles. The molecule has 2 atom stereocenters. The molecule has 2 aliphatic heterocycles. The third-order valence-corrected chi connectivity index (χ3v) is 4.47. The maximum atomic E-state index is 12.2. The number of carbonyl (C=O) groups is 2. The lowest BCUT2D eigenvalue weighted by Crippen LogP contribution is -2.40. The summed E-state index contributed by atoms with van der Waals surface area (Å²) in [5.74, 6) is 0.212. The largest absolute Gasteiger partial charge is 0.467 e. The summed E-state index contributed by atoms with van der Waals surface area (Å²) in [6.45, 7) is 0. The van der Waals surface area contributed by atoms with E-state index in [-0.39, 0.29) is 17.3 Å². The van der Waals surface area contributed by atoms with Crippen LogP contribution in [0, 0.1) is 0 Å². The van der Waals surface area contributed by atoms with E-state index in [0.717, 1.165) is 5.56 Å². The topological polar surface area (TPSA) is 46.6 Å². The summed E-state index contributed by atoms with van der Waals surface area (Å²) in [5, 5.41) is -0.0252. The van der Waals surface area contributed by atoms with Gasteiger partial charge in [-0.3, -0.25) is 4.79 Å². The number of methoxy groups -OCH3 is 1. The molecule has 3 rings (SSSR count). The normalized spacial score (nSPS) is 25.7. The van der Waals surface area contributed by atoms with E-state index >= 15 is 0 Å². The zero-order valence-corrected chi connectivity index (χ0v) is 10.1. The third kappa shape index (κ3) is 1.38. The Kier molecular flexibility index (Phi) is 2.36. The standard InChI is InChI=1S/C12H11NO3S/c1-16-12(15)9-6-17-11-8-5-3-2-4-7(8)10(14)13(9)11/h2-5,9,11H,6H2,1H3/t9-,11+/m1/s1. The number of hydrogen-bond acceptors (Lipinski definition) is 4. The minimum Gasteiger partial charge on any atom is -0.467 e. The van der Waals surface area contributed by atoms with Gasteiger partial charge in [0.05, 0.1) is 7.11 Å². The van der Waals surface area contributed by atoms with Crippen molar-refractivity contribution in [2.24, 2.45) is 0 Å². The predicted molar refractivity (Wildman–Crippen MR) is 63.6 cm³/mol. The molecule has 0 N–H and O–H groups in total. The minimum atomic E-state index is -0.449. The molecular formula is C12H11NO3S. The fraction of sp³-hybridized carbons (Fsp3) is 0.333. The van der Waals surface area contributed by atoms with Gasteiger partial charge in [-0.05, 0) is 11.6 Å². The van der Waals surface area contributed by atoms with Crippen molar-refractivity contribution in [3.63, 3.8) is 0 Å². The van der Waals surface area contributed by atoms with Gasteiger partial charge < -0.3 is 9.64 Å². The van der Waals surface area contributed by atoms with Crippen molar-refractivity contribution in [3.8, 4) is 0 Å². The number of hydrogen-bond donors (Lipinski definition) is 0. The number of nitrogens with zero attached hydrogens (tertiary/aromatic N) is 1. The van der Waals surface area contributed by atoms with Crippen LogP contribution < -0.4 is 0 Å². The number of ether oxygens (including phenoxy) is 1. The first-order chi connectivity index (χ1) is 8.24. The van der Waals surface area contributed by atoms with Crippen molar-refractivity contribution < 1.29 is 14.3 Å². The Bertz CT molecular complexity index is 502. The van der Waals surface area contributed by atoms with Gasteiger partial charge in [0, 0.05) is 11.3 Å². The van der Waals surface area contributed by atoms with E-state index in [9.17, 15) is 9.59 Å². The molecule has 0 saturated carbocycles. The van der Waals surface area contributed by atoms with Crippen LogP contribution in [0.5, 0.6) is 0 Å². The number of carbonyl (C=O) groups excluding carboxylic acids is 2. The van der Waals surface area contributed by atoms with Crippen LogP contribution in [0.2, 0.25) is 0 Å². The molecule has 1 aromatic rings. The first-order valence-electron chi connectivity index (χ1n) is 5.35. The molecule has 4 nitrogen and oxygen atoms in total. The maximum absolute atomic E-state index is 12.2. The molecule has 1 fully saturated rings. The van der Waals surface area contributed by atoms with Gasteiger partial charge in [0.25, 0.3) is 5.91 Å². The van der Waals surface area contributed by atoms with Gasteiger partial charge in [-0.15, -0.1) is 11.8 Å². The Hall–Kier alpha value is -1.49. The van der Waals surface area contributed by atoms with Gasteiger partial charge in [0.1, 0.15) is 11.4 Å². The van der Waals surface area contributed by atoms with Crippen molar-refractivity contribution in [2.75, 3.05) is 12.9 Å². The van der Waals surface area contributed by atoms with Crippen LogP contribution in [-0.2, 0) is 9.53 Å². The van der Waals surface area contributed by atoms with Gasteiger partial charge in [-0.1, -0.05) is 18.2 Å². The summed E-state index contributed by atoms with van der Waals surface area (Å²) < 4.78 is 4.74. The first kappa shape index (κ1) is 10.7. The molecule has 17 heavy (non-hydrogen) atoms. The number of rotatable bonds is 1. The molecule has 0 aromatic heterocycles. The van der Waals surface area contributed by atoms with Crippen molar-refractivity contribution in [2.45, 2.75) is 11.4 Å². The van der Waals surface area contributed by atoms with Crippen LogP contribution in [-0.4, -0.2) is 35.7 Å². The highest BCUT2D eigenvalue weighted by Gasteiger charge is 2.48. The number of thioether (sulfide) groups is 1. The lowest BCUT2D eigenvalue weighted by Gasteiger charge is -2.20. The van der Waals surface area contributed by atoms with E-state index < -0.39 is 6.04 Å². The maximum Gasteiger partial charge on any atom is 0.329 e. The van der Waals surface area contributed by atoms with Gasteiger partial charge in [0.15, 0.2) is 0 Å². The molecule has 2 aliphatic rings. The summed E-state index contributed by atoms with van der Waals surface area (Å²) in [7, 11) is 1.36. The zero-order valence-electron chi connectivity index (χ0n) is 9.25. The van der Waals surface area contributed by atoms with Crippen LogP contribution in [0.25, 0.3) is 0 Å². The Morgan fingerprint density at radius 1 is 1.47 bits per heavy atom. The zero-order chi connectivity index (χ0) is 12.0. The predicted octanol–water partition coefficient (Wildman–Crippen LogP) is 1.43. The minimum absolute atomic E-state index is 0.0252. The summed E-state index contributed by atoms with van der Waals surface area (Å²) in [5.41, 5.74) is 1.72. The summed E-state index contributed by atoms with van der Waals surface area (Å²) in [4.78, 5) is 25.5. The molecule has 2 heterocycles. The SMILES string of the molecule is COC(=O)[C@H]1CS[C@H]2c3ccccc3C(=O)N12. The quantitative estimate of drug-likeness (QED) is 0.706. The highest BCUT2D eigenvalue weighted by molar-refractivity contribution is 7.99. The lowest BCUT2D eigenvalue weighted by molar-refractivity contribution is -0.144. The van der Waals surface area contributed by atoms with Gasteiger partial charge in [-0.2, -0.15) is 0 Å². The van der Waals surface area contributed by atoms with E-state index in [0.29, 0.717) is 11.3 Å². The second kappa shape index (κ2) is 3.77. The van der Waals surface area contributed by atoms with Crippen molar-refractivity contribution in [1.82, 2.24) is 4.90 Å². The van der Waals surface area contributed by atoms with E-state index in [1.807, 2.05) is 24.3 Å². The van der Waals surface area contributed by atoms with Crippen LogP contribution in [0.3, 0.4) is 0 Å². The summed E-state index contributed by atoms with van der Waals surface area (Å²) in [6.07, 6.45) is 0. The molecular weight excluding hydrogens is 238 g/mol. The molecule has 0 spiro atoms. The lowest BCUT2D eigenvalue weighted by atomic mass is 10.1. The summed E-state index contributed by atoms with van der Waals surface area (Å²) in [6, 6.07) is 7.07. The number of esters is 1. The number of fused-ring (bicyclic) bond motifs is 3. The highest BCUT2D eigenvalue weighted by atomic mass is 32.2. The average molecular weight is 249 g/mol. The van der Waals surface area contributed by atoms with Gasteiger partial charge >= 0.3 is 5.97 Å². The highest BCUT2D eigenvalue weighted by Crippen LogP contribution is 2.48. The van der Waals surface area contributed by atoms with Crippen molar-refractivity contribution in [3.05, 3.63) is 35.4 Å². The monoisotopic (exact) mass is 249 g/mol. The summed E-state index contributed by atoms with van der Waals surface area (Å²) >= 11 is 1.62. The van der Waals surface area contributed by atoms with Gasteiger partial charge in [0.2, 0.25) is 0 Å². The Morgan fingerprint density at radius 2 is 2.24 bits per heavy atom. The third-order valence-electron chi connectivity index (χ3n) is 3.17. The van der Waals surface area contributed by atoms with E-state index in [1.54, 1.807) is 16.7 Å². The Balaban J connectivity index is 2.01. The van der Waals surface area contributed by atoms with Crippen molar-refractivity contribution >= 4 is 23.6 Å². The Labute approximate surface area is 103 Å². The van der Waals surface area contributed by atoms with Crippen LogP contribution in [0.1, 0.15) is 21.3 Å². The molecule has 5 heteroatoms. The Morgan fingerprint density at radius 3 is 3.00 bits per heavy atom. The molecule has 0 unspecified atom stereocenters. The van der Waals surface area contributed by atoms with Crippen LogP contribution in [0.4, 0.5) is 0 Å². The molecule has 0 aliphatic carbocycles. The molecule has 1 amide bonds. The second-order valence-electron chi connectivity index (χ2n) is 4.02. The molecule has 88 valence electrons. The first-order valence-corrected chi connectivity index (χ1v) is 6.40. The van der Waals surface area contributed by atoms with Crippen LogP contribution >= 0.6 is 11.8 Å². The van der Waals surface area contributed by atoms with E-state index in [1.165, 1.54) is 7.11 Å². The van der Waals surface area contributed by atoms with Crippen LogP contribution in [0.15, 0.2) is 24.3 Å². The van der Waals surface area contributed by atoms with E-state index in [2.05, 4.69) is 0 Å². The molecule has 1 saturated heterocycles. The van der Waals surface area contributed by atoms with E-state index in [4.69, 9.17) is 4.74 Å². The molecule has 0 bridgehead atoms. The fourth-order valence-electron chi connectivity index (χ4n) is 2.36. The van der Waals surface area contributed by atoms with Gasteiger partial charge in [-0.25, -0.2) is 4.79 Å². The smallest absolute Gasteiger partial charge is 0.329 e. The average Bonchev–Trinajstić information content (AvgIpc) is 2.91. The fourth-order valence-corrected chi connectivity index (χ4v) is 3.81. The second-order valence-corrected chi connectivity index (χ2v) is 5.14. The van der Waals surface area contributed by atoms with Crippen molar-refractivity contribution in [1.29, 1.82) is 0 Å². The molecule has 0 radical (unpaired) electrons. The number of amides is 1. The number of benzene rings is 1.